The number of hydrogen-bond acceptors (Lipinski definition) is 2. The maximum absolute atomic E-state index is 12.5. The number of anilines is 1. The van der Waals surface area contributed by atoms with Crippen LogP contribution < -0.4 is 5.32 Å². The average Bonchev–Trinajstić information content (AvgIpc) is 2.71. The van der Waals surface area contributed by atoms with Gasteiger partial charge in [-0.15, -0.1) is 0 Å². The Hall–Kier alpha value is -2.31. The molecule has 0 fully saturated rings. The van der Waals surface area contributed by atoms with Crippen LogP contribution in [0.15, 0.2) is 30.4 Å². The number of nitrogens with one attached hydrogen (secondary N) is 2. The first-order valence-electron chi connectivity index (χ1n) is 5.41. The van der Waals surface area contributed by atoms with E-state index in [0.29, 0.717) is 5.39 Å². The minimum Gasteiger partial charge on any atom is -0.305 e. The first kappa shape index (κ1) is 13.1. The average molecular weight is 269 g/mol. The third-order valence-corrected chi connectivity index (χ3v) is 2.45. The van der Waals surface area contributed by atoms with Gasteiger partial charge >= 0.3 is 6.18 Å². The summed E-state index contributed by atoms with van der Waals surface area (Å²) in [5.74, 6) is -0.192. The van der Waals surface area contributed by atoms with E-state index in [0.717, 1.165) is 12.1 Å². The van der Waals surface area contributed by atoms with Gasteiger partial charge in [-0.3, -0.25) is 9.89 Å². The normalized spacial score (nSPS) is 12.2. The van der Waals surface area contributed by atoms with Crippen LogP contribution in [0.2, 0.25) is 0 Å². The maximum atomic E-state index is 12.5. The lowest BCUT2D eigenvalue weighted by Gasteiger charge is -2.05. The van der Waals surface area contributed by atoms with Crippen LogP contribution in [0.3, 0.4) is 0 Å². The van der Waals surface area contributed by atoms with Crippen LogP contribution >= 0.6 is 0 Å². The molecule has 0 saturated carbocycles. The molecule has 7 heteroatoms. The summed E-state index contributed by atoms with van der Waals surface area (Å²) in [5.41, 5.74) is -0.555. The molecule has 2 rings (SSSR count). The molecule has 0 saturated heterocycles. The van der Waals surface area contributed by atoms with Gasteiger partial charge in [0.25, 0.3) is 0 Å². The Balaban J connectivity index is 2.37. The molecule has 2 N–H and O–H groups in total. The van der Waals surface area contributed by atoms with E-state index in [-0.39, 0.29) is 11.3 Å². The topological polar surface area (TPSA) is 57.8 Å². The number of nitrogens with zero attached hydrogens (tertiary/aromatic N) is 1. The standard InChI is InChI=1S/C12H10F3N3O/c1-2-3-10(19)16-11-8-5-4-7(12(13,14)15)6-9(8)17-18-11/h2-6H,1H3,(H2,16,17,18,19)/b3-2+. The number of aromatic amines is 1. The zero-order valence-electron chi connectivity index (χ0n) is 9.88. The number of fused-ring (bicyclic) bond motifs is 1. The van der Waals surface area contributed by atoms with Crippen molar-refractivity contribution in [3.05, 3.63) is 35.9 Å². The highest BCUT2D eigenvalue weighted by atomic mass is 19.4. The summed E-state index contributed by atoms with van der Waals surface area (Å²) in [5, 5.41) is 9.14. The van der Waals surface area contributed by atoms with Crippen LogP contribution in [0.5, 0.6) is 0 Å². The number of hydrogen-bond donors (Lipinski definition) is 2. The highest BCUT2D eigenvalue weighted by molar-refractivity contribution is 6.04. The van der Waals surface area contributed by atoms with Crippen LogP contribution in [0.1, 0.15) is 12.5 Å². The van der Waals surface area contributed by atoms with Crippen molar-refractivity contribution < 1.29 is 18.0 Å². The van der Waals surface area contributed by atoms with Gasteiger partial charge in [0.1, 0.15) is 0 Å². The van der Waals surface area contributed by atoms with Crippen molar-refractivity contribution in [2.45, 2.75) is 13.1 Å². The molecule has 0 spiro atoms. The number of allylic oxidation sites excluding steroid dienone is 1. The van der Waals surface area contributed by atoms with Gasteiger partial charge in [0.2, 0.25) is 5.91 Å². The summed E-state index contributed by atoms with van der Waals surface area (Å²) in [6, 6.07) is 3.17. The zero-order valence-corrected chi connectivity index (χ0v) is 9.88. The van der Waals surface area contributed by atoms with Gasteiger partial charge in [0.15, 0.2) is 5.82 Å². The van der Waals surface area contributed by atoms with Crippen LogP contribution in [0, 0.1) is 0 Å². The maximum Gasteiger partial charge on any atom is 0.416 e. The molecule has 0 aliphatic rings. The summed E-state index contributed by atoms with van der Waals surface area (Å²) in [6.45, 7) is 1.68. The quantitative estimate of drug-likeness (QED) is 0.823. The van der Waals surface area contributed by atoms with E-state index in [1.165, 1.54) is 12.1 Å². The number of benzene rings is 1. The Morgan fingerprint density at radius 3 is 2.79 bits per heavy atom. The Morgan fingerprint density at radius 2 is 2.16 bits per heavy atom. The number of carbonyl (C=O) groups is 1. The molecule has 0 atom stereocenters. The number of carbonyl (C=O) groups excluding carboxylic acids is 1. The molecule has 0 aliphatic heterocycles. The molecule has 1 heterocycles. The van der Waals surface area contributed by atoms with E-state index in [9.17, 15) is 18.0 Å². The van der Waals surface area contributed by atoms with Gasteiger partial charge < -0.3 is 5.32 Å². The predicted molar refractivity (Wildman–Crippen MR) is 64.5 cm³/mol. The van der Waals surface area contributed by atoms with Crippen molar-refractivity contribution in [1.82, 2.24) is 10.2 Å². The molecule has 0 unspecified atom stereocenters. The summed E-state index contributed by atoms with van der Waals surface area (Å²) in [4.78, 5) is 11.3. The highest BCUT2D eigenvalue weighted by Gasteiger charge is 2.30. The minimum atomic E-state index is -4.41. The third-order valence-electron chi connectivity index (χ3n) is 2.45. The van der Waals surface area contributed by atoms with E-state index in [2.05, 4.69) is 15.5 Å². The van der Waals surface area contributed by atoms with E-state index < -0.39 is 17.6 Å². The second kappa shape index (κ2) is 4.75. The first-order chi connectivity index (χ1) is 8.91. The van der Waals surface area contributed by atoms with Crippen molar-refractivity contribution in [2.75, 3.05) is 5.32 Å². The summed E-state index contributed by atoms with van der Waals surface area (Å²) in [7, 11) is 0. The summed E-state index contributed by atoms with van der Waals surface area (Å²) >= 11 is 0. The molecule has 0 aliphatic carbocycles. The molecule has 100 valence electrons. The fraction of sp³-hybridized carbons (Fsp3) is 0.167. The van der Waals surface area contributed by atoms with Crippen LogP contribution in [0.25, 0.3) is 10.9 Å². The molecule has 1 aromatic heterocycles. The number of rotatable bonds is 2. The molecule has 19 heavy (non-hydrogen) atoms. The fourth-order valence-electron chi connectivity index (χ4n) is 1.60. The largest absolute Gasteiger partial charge is 0.416 e. The van der Waals surface area contributed by atoms with E-state index in [1.807, 2.05) is 0 Å². The summed E-state index contributed by atoms with van der Waals surface area (Å²) < 4.78 is 37.6. The second-order valence-electron chi connectivity index (χ2n) is 3.82. The lowest BCUT2D eigenvalue weighted by Crippen LogP contribution is -2.08. The van der Waals surface area contributed by atoms with Crippen LogP contribution in [-0.2, 0) is 11.0 Å². The highest BCUT2D eigenvalue weighted by Crippen LogP contribution is 2.32. The van der Waals surface area contributed by atoms with Gasteiger partial charge in [0.05, 0.1) is 11.1 Å². The van der Waals surface area contributed by atoms with Crippen LogP contribution in [0.4, 0.5) is 19.0 Å². The van der Waals surface area contributed by atoms with Crippen LogP contribution in [-0.4, -0.2) is 16.1 Å². The van der Waals surface area contributed by atoms with Crippen molar-refractivity contribution >= 4 is 22.6 Å². The SMILES string of the molecule is C/C=C/C(=O)Nc1n[nH]c2cc(C(F)(F)F)ccc12. The molecule has 0 bridgehead atoms. The number of H-pyrrole nitrogens is 1. The minimum absolute atomic E-state index is 0.201. The van der Waals surface area contributed by atoms with E-state index in [1.54, 1.807) is 13.0 Å². The number of amides is 1. The van der Waals surface area contributed by atoms with Crippen molar-refractivity contribution in [3.8, 4) is 0 Å². The fourth-order valence-corrected chi connectivity index (χ4v) is 1.60. The number of aromatic nitrogens is 2. The third kappa shape index (κ3) is 2.75. The Morgan fingerprint density at radius 1 is 1.42 bits per heavy atom. The van der Waals surface area contributed by atoms with Gasteiger partial charge in [0, 0.05) is 5.39 Å². The van der Waals surface area contributed by atoms with Gasteiger partial charge in [-0.25, -0.2) is 0 Å². The van der Waals surface area contributed by atoms with E-state index in [4.69, 9.17) is 0 Å². The predicted octanol–water partition coefficient (Wildman–Crippen LogP) is 3.10. The number of halogens is 3. The first-order valence-corrected chi connectivity index (χ1v) is 5.41. The van der Waals surface area contributed by atoms with Crippen molar-refractivity contribution in [3.63, 3.8) is 0 Å². The monoisotopic (exact) mass is 269 g/mol. The molecular weight excluding hydrogens is 259 g/mol. The molecule has 2 aromatic rings. The Kier molecular flexibility index (Phi) is 3.28. The van der Waals surface area contributed by atoms with Gasteiger partial charge in [-0.1, -0.05) is 6.08 Å². The van der Waals surface area contributed by atoms with Gasteiger partial charge in [-0.2, -0.15) is 18.3 Å². The summed E-state index contributed by atoms with van der Waals surface area (Å²) in [6.07, 6.45) is -1.57. The van der Waals surface area contributed by atoms with Gasteiger partial charge in [-0.05, 0) is 31.2 Å². The molecule has 1 aromatic carbocycles. The van der Waals surface area contributed by atoms with Crippen molar-refractivity contribution in [2.24, 2.45) is 0 Å². The zero-order chi connectivity index (χ0) is 14.0. The lowest BCUT2D eigenvalue weighted by atomic mass is 10.1. The van der Waals surface area contributed by atoms with E-state index >= 15 is 0 Å². The lowest BCUT2D eigenvalue weighted by molar-refractivity contribution is -0.137. The smallest absolute Gasteiger partial charge is 0.305 e. The Labute approximate surface area is 106 Å². The molecule has 1 amide bonds. The number of alkyl halides is 3. The molecular formula is C12H10F3N3O. The van der Waals surface area contributed by atoms with Crippen molar-refractivity contribution in [1.29, 1.82) is 0 Å². The Bertz CT molecular complexity index is 643. The second-order valence-corrected chi connectivity index (χ2v) is 3.82. The molecule has 4 nitrogen and oxygen atoms in total. The molecule has 0 radical (unpaired) electrons.